The molecule has 1 amide bonds. The maximum Gasteiger partial charge on any atom is 0.298 e. The van der Waals surface area contributed by atoms with E-state index in [9.17, 15) is 9.90 Å². The number of rotatable bonds is 8. The van der Waals surface area contributed by atoms with Crippen molar-refractivity contribution in [2.45, 2.75) is 44.6 Å². The molecule has 10 nitrogen and oxygen atoms in total. The van der Waals surface area contributed by atoms with Gasteiger partial charge in [-0.15, -0.1) is 0 Å². The van der Waals surface area contributed by atoms with Crippen molar-refractivity contribution in [2.24, 2.45) is 16.6 Å². The molecule has 1 aliphatic rings. The van der Waals surface area contributed by atoms with E-state index in [0.29, 0.717) is 11.7 Å². The monoisotopic (exact) mass is 474 g/mol. The number of nitrogens with one attached hydrogen (secondary N) is 1. The van der Waals surface area contributed by atoms with E-state index in [1.165, 1.54) is 12.4 Å². The number of nitrogens with two attached hydrogens (primary N) is 2. The van der Waals surface area contributed by atoms with Gasteiger partial charge in [-0.3, -0.25) is 4.79 Å². The van der Waals surface area contributed by atoms with Gasteiger partial charge in [-0.2, -0.15) is 4.99 Å². The van der Waals surface area contributed by atoms with E-state index in [1.54, 1.807) is 12.4 Å². The van der Waals surface area contributed by atoms with Crippen LogP contribution in [0.4, 0.5) is 11.8 Å². The molecule has 2 aromatic heterocycles. The third-order valence-corrected chi connectivity index (χ3v) is 6.37. The Bertz CT molecular complexity index is 1220. The van der Waals surface area contributed by atoms with Gasteiger partial charge in [-0.05, 0) is 50.7 Å². The summed E-state index contributed by atoms with van der Waals surface area (Å²) in [5, 5.41) is 12.4. The van der Waals surface area contributed by atoms with Gasteiger partial charge in [0.05, 0.1) is 30.0 Å². The number of aliphatic hydroxyl groups excluding tert-OH is 1. The Hall–Kier alpha value is -3.92. The number of aliphatic imine (C=N–C) groups is 1. The van der Waals surface area contributed by atoms with E-state index in [2.05, 4.69) is 30.2 Å². The summed E-state index contributed by atoms with van der Waals surface area (Å²) in [7, 11) is 0. The summed E-state index contributed by atoms with van der Waals surface area (Å²) in [5.74, 6) is 0.671. The topological polar surface area (TPSA) is 165 Å². The number of amidine groups is 1. The molecule has 1 aromatic carbocycles. The zero-order valence-electron chi connectivity index (χ0n) is 20.1. The molecule has 10 heteroatoms. The van der Waals surface area contributed by atoms with Gasteiger partial charge >= 0.3 is 0 Å². The summed E-state index contributed by atoms with van der Waals surface area (Å²) in [6.07, 6.45) is 8.17. The highest BCUT2D eigenvalue weighted by Gasteiger charge is 2.46. The van der Waals surface area contributed by atoms with Crippen molar-refractivity contribution in [1.29, 1.82) is 0 Å². The van der Waals surface area contributed by atoms with Gasteiger partial charge in [-0.25, -0.2) is 19.9 Å². The zero-order valence-corrected chi connectivity index (χ0v) is 20.1. The van der Waals surface area contributed by atoms with Gasteiger partial charge in [-0.1, -0.05) is 24.3 Å². The molecule has 1 fully saturated rings. The molecular weight excluding hydrogens is 444 g/mol. The van der Waals surface area contributed by atoms with Crippen molar-refractivity contribution in [3.05, 3.63) is 60.3 Å². The second-order valence-electron chi connectivity index (χ2n) is 9.64. The molecule has 0 radical (unpaired) electrons. The van der Waals surface area contributed by atoms with Crippen LogP contribution in [0.25, 0.3) is 11.1 Å². The average molecular weight is 475 g/mol. The fourth-order valence-corrected chi connectivity index (χ4v) is 3.92. The number of amides is 1. The molecule has 0 unspecified atom stereocenters. The third-order valence-electron chi connectivity index (χ3n) is 6.37. The molecule has 182 valence electrons. The number of anilines is 2. The average Bonchev–Trinajstić information content (AvgIpc) is 3.70. The highest BCUT2D eigenvalue weighted by molar-refractivity contribution is 6.05. The lowest BCUT2D eigenvalue weighted by Gasteiger charge is -2.30. The summed E-state index contributed by atoms with van der Waals surface area (Å²) in [6.45, 7) is 5.60. The molecule has 2 heterocycles. The Morgan fingerprint density at radius 3 is 2.23 bits per heavy atom. The lowest BCUT2D eigenvalue weighted by molar-refractivity contribution is 0.0996. The molecule has 6 N–H and O–H groups in total. The molecule has 3 aromatic rings. The highest BCUT2D eigenvalue weighted by atomic mass is 16.3. The number of benzene rings is 1. The van der Waals surface area contributed by atoms with Crippen LogP contribution in [0, 0.1) is 5.92 Å². The third kappa shape index (κ3) is 5.27. The fourth-order valence-electron chi connectivity index (χ4n) is 3.92. The lowest BCUT2D eigenvalue weighted by Crippen LogP contribution is -2.41. The van der Waals surface area contributed by atoms with Crippen molar-refractivity contribution in [3.63, 3.8) is 0 Å². The summed E-state index contributed by atoms with van der Waals surface area (Å²) in [5.41, 5.74) is 13.8. The Labute approximate surface area is 204 Å². The van der Waals surface area contributed by atoms with E-state index in [4.69, 9.17) is 11.5 Å². The Balaban J connectivity index is 1.56. The number of aromatic nitrogens is 4. The maximum absolute atomic E-state index is 12.8. The standard InChI is InChI=1S/C25H30N8O2/c1-24(2,14-34)33-20-13-28-19(12-29-20)21(35)32-22(26)25(3,18-8-9-18)17-6-4-15(5-7-17)16-10-30-23(27)31-11-16/h4-7,10-13,18,34H,8-9,14H2,1-3H3,(H,29,33)(H2,26,32,35)(H2,27,30,31)/t25-/m0/s1. The van der Waals surface area contributed by atoms with Gasteiger partial charge in [0.15, 0.2) is 0 Å². The lowest BCUT2D eigenvalue weighted by atomic mass is 9.76. The van der Waals surface area contributed by atoms with E-state index in [-0.39, 0.29) is 24.1 Å². The first-order chi connectivity index (χ1) is 16.6. The highest BCUT2D eigenvalue weighted by Crippen LogP contribution is 2.47. The molecule has 0 saturated heterocycles. The van der Waals surface area contributed by atoms with E-state index >= 15 is 0 Å². The number of hydrogen-bond acceptors (Lipinski definition) is 8. The van der Waals surface area contributed by atoms with Crippen molar-refractivity contribution in [2.75, 3.05) is 17.7 Å². The first-order valence-electron chi connectivity index (χ1n) is 11.4. The van der Waals surface area contributed by atoms with Crippen LogP contribution in [-0.2, 0) is 5.41 Å². The minimum Gasteiger partial charge on any atom is -0.394 e. The van der Waals surface area contributed by atoms with Crippen LogP contribution in [-0.4, -0.2) is 48.9 Å². The first-order valence-corrected chi connectivity index (χ1v) is 11.4. The van der Waals surface area contributed by atoms with E-state index in [1.807, 2.05) is 45.0 Å². The van der Waals surface area contributed by atoms with E-state index < -0.39 is 16.9 Å². The van der Waals surface area contributed by atoms with Crippen LogP contribution < -0.4 is 16.8 Å². The number of hydrogen-bond donors (Lipinski definition) is 4. The van der Waals surface area contributed by atoms with Crippen molar-refractivity contribution >= 4 is 23.5 Å². The number of nitrogens with zero attached hydrogens (tertiary/aromatic N) is 5. The molecule has 1 atom stereocenters. The predicted octanol–water partition coefficient (Wildman–Crippen LogP) is 2.56. The molecule has 0 spiro atoms. The summed E-state index contributed by atoms with van der Waals surface area (Å²) in [6, 6.07) is 7.95. The van der Waals surface area contributed by atoms with Gasteiger partial charge in [0.1, 0.15) is 17.3 Å². The quantitative estimate of drug-likeness (QED) is 0.283. The van der Waals surface area contributed by atoms with Crippen molar-refractivity contribution < 1.29 is 9.90 Å². The van der Waals surface area contributed by atoms with Crippen LogP contribution in [0.2, 0.25) is 0 Å². The molecule has 0 bridgehead atoms. The number of nitrogen functional groups attached to an aromatic ring is 1. The molecule has 0 aliphatic heterocycles. The predicted molar refractivity (Wildman–Crippen MR) is 135 cm³/mol. The Kier molecular flexibility index (Phi) is 6.49. The number of carbonyl (C=O) groups excluding carboxylic acids is 1. The van der Waals surface area contributed by atoms with Gasteiger partial charge in [0, 0.05) is 18.0 Å². The Morgan fingerprint density at radius 1 is 1.03 bits per heavy atom. The van der Waals surface area contributed by atoms with Crippen LogP contribution in [0.5, 0.6) is 0 Å². The molecule has 35 heavy (non-hydrogen) atoms. The second kappa shape index (κ2) is 9.38. The summed E-state index contributed by atoms with van der Waals surface area (Å²) >= 11 is 0. The van der Waals surface area contributed by atoms with E-state index in [0.717, 1.165) is 29.5 Å². The van der Waals surface area contributed by atoms with Crippen LogP contribution in [0.1, 0.15) is 49.7 Å². The van der Waals surface area contributed by atoms with Crippen LogP contribution >= 0.6 is 0 Å². The minimum atomic E-state index is -0.591. The number of aliphatic hydroxyl groups is 1. The van der Waals surface area contributed by atoms with Gasteiger partial charge in [0.2, 0.25) is 5.95 Å². The molecule has 1 aliphatic carbocycles. The molecule has 4 rings (SSSR count). The largest absolute Gasteiger partial charge is 0.394 e. The number of carbonyl (C=O) groups is 1. The van der Waals surface area contributed by atoms with Crippen molar-refractivity contribution in [1.82, 2.24) is 19.9 Å². The van der Waals surface area contributed by atoms with Crippen molar-refractivity contribution in [3.8, 4) is 11.1 Å². The zero-order chi connectivity index (χ0) is 25.2. The fraction of sp³-hybridized carbons (Fsp3) is 0.360. The Morgan fingerprint density at radius 2 is 1.69 bits per heavy atom. The second-order valence-corrected chi connectivity index (χ2v) is 9.64. The SMILES string of the molecule is CC(C)(CO)Nc1cnc(C(=O)N=C(N)[C@@](C)(c2ccc(-c3cnc(N)nc3)cc2)C2CC2)cn1. The minimum absolute atomic E-state index is 0.0787. The van der Waals surface area contributed by atoms with Gasteiger partial charge in [0.25, 0.3) is 5.91 Å². The normalized spacial score (nSPS) is 15.9. The summed E-state index contributed by atoms with van der Waals surface area (Å²) in [4.78, 5) is 33.6. The first kappa shape index (κ1) is 24.2. The smallest absolute Gasteiger partial charge is 0.298 e. The van der Waals surface area contributed by atoms with Crippen LogP contribution in [0.15, 0.2) is 54.0 Å². The molecule has 1 saturated carbocycles. The summed E-state index contributed by atoms with van der Waals surface area (Å²) < 4.78 is 0. The van der Waals surface area contributed by atoms with Gasteiger partial charge < -0.3 is 21.9 Å². The maximum atomic E-state index is 12.8. The molecular formula is C25H30N8O2. The van der Waals surface area contributed by atoms with Crippen LogP contribution in [0.3, 0.4) is 0 Å².